The molecule has 0 aliphatic carbocycles. The van der Waals surface area contributed by atoms with Crippen molar-refractivity contribution in [2.75, 3.05) is 17.7 Å². The van der Waals surface area contributed by atoms with Crippen molar-refractivity contribution in [2.45, 2.75) is 32.4 Å². The predicted molar refractivity (Wildman–Crippen MR) is 103 cm³/mol. The summed E-state index contributed by atoms with van der Waals surface area (Å²) in [7, 11) is 0. The number of thioether (sulfide) groups is 1. The van der Waals surface area contributed by atoms with Crippen LogP contribution in [0, 0.1) is 6.92 Å². The Morgan fingerprint density at radius 2 is 1.96 bits per heavy atom. The number of amides is 1. The lowest BCUT2D eigenvalue weighted by atomic mass is 10.1. The molecule has 0 saturated carbocycles. The Labute approximate surface area is 161 Å². The number of rotatable bonds is 9. The molecular weight excluding hydrogens is 368 g/mol. The van der Waals surface area contributed by atoms with Crippen LogP contribution in [0.25, 0.3) is 0 Å². The number of anilines is 1. The van der Waals surface area contributed by atoms with Crippen LogP contribution in [0.2, 0.25) is 0 Å². The van der Waals surface area contributed by atoms with Crippen molar-refractivity contribution in [3.05, 3.63) is 47.2 Å². The van der Waals surface area contributed by atoms with Gasteiger partial charge in [-0.05, 0) is 25.8 Å². The van der Waals surface area contributed by atoms with Crippen molar-refractivity contribution in [3.8, 4) is 0 Å². The number of benzene rings is 1. The molecule has 0 aliphatic rings. The largest absolute Gasteiger partial charge is 0.457 e. The zero-order chi connectivity index (χ0) is 19.8. The van der Waals surface area contributed by atoms with Crippen LogP contribution in [0.15, 0.2) is 34.9 Å². The van der Waals surface area contributed by atoms with E-state index in [9.17, 15) is 14.4 Å². The third-order valence-corrected chi connectivity index (χ3v) is 4.86. The zero-order valence-corrected chi connectivity index (χ0v) is 16.3. The molecule has 1 amide bonds. The Kier molecular flexibility index (Phi) is 7.60. The van der Waals surface area contributed by atoms with E-state index in [0.717, 1.165) is 23.7 Å². The highest BCUT2D eigenvalue weighted by molar-refractivity contribution is 8.01. The molecule has 1 atom stereocenters. The number of esters is 1. The number of aromatic nitrogens is 1. The first-order chi connectivity index (χ1) is 12.9. The fourth-order valence-corrected chi connectivity index (χ4v) is 2.80. The molecule has 0 spiro atoms. The summed E-state index contributed by atoms with van der Waals surface area (Å²) in [5, 5.41) is 5.78. The van der Waals surface area contributed by atoms with E-state index in [1.807, 2.05) is 19.1 Å². The summed E-state index contributed by atoms with van der Waals surface area (Å²) in [6.45, 7) is 5.10. The number of nitrogens with one attached hydrogen (secondary N) is 1. The Balaban J connectivity index is 1.71. The molecule has 0 fully saturated rings. The van der Waals surface area contributed by atoms with Gasteiger partial charge in [0.1, 0.15) is 5.76 Å². The minimum absolute atomic E-state index is 0.0333. The summed E-state index contributed by atoms with van der Waals surface area (Å²) in [5.41, 5.74) is 1.64. The van der Waals surface area contributed by atoms with E-state index >= 15 is 0 Å². The molecule has 1 heterocycles. The SMILES string of the molecule is CCc1ccc(C(=O)COC(=O)CS[C@@H](C)C(=O)Nc2cc(C)on2)cc1. The molecule has 2 aromatic rings. The summed E-state index contributed by atoms with van der Waals surface area (Å²) in [6, 6.07) is 8.80. The second-order valence-electron chi connectivity index (χ2n) is 5.90. The van der Waals surface area contributed by atoms with E-state index in [1.54, 1.807) is 32.0 Å². The molecule has 1 aromatic heterocycles. The van der Waals surface area contributed by atoms with E-state index in [4.69, 9.17) is 9.26 Å². The highest BCUT2D eigenvalue weighted by atomic mass is 32.2. The van der Waals surface area contributed by atoms with Crippen molar-refractivity contribution in [3.63, 3.8) is 0 Å². The minimum atomic E-state index is -0.546. The highest BCUT2D eigenvalue weighted by Crippen LogP contribution is 2.15. The van der Waals surface area contributed by atoms with Gasteiger partial charge in [0.25, 0.3) is 0 Å². The van der Waals surface area contributed by atoms with Gasteiger partial charge in [0.2, 0.25) is 5.91 Å². The Morgan fingerprint density at radius 3 is 2.56 bits per heavy atom. The van der Waals surface area contributed by atoms with E-state index in [-0.39, 0.29) is 24.1 Å². The molecule has 1 aromatic carbocycles. The fraction of sp³-hybridized carbons (Fsp3) is 0.368. The molecule has 144 valence electrons. The van der Waals surface area contributed by atoms with E-state index < -0.39 is 11.2 Å². The van der Waals surface area contributed by atoms with Gasteiger partial charge < -0.3 is 14.6 Å². The molecule has 0 bridgehead atoms. The van der Waals surface area contributed by atoms with Crippen LogP contribution in [-0.4, -0.2) is 40.4 Å². The highest BCUT2D eigenvalue weighted by Gasteiger charge is 2.18. The standard InChI is InChI=1S/C19H22N2O5S/c1-4-14-5-7-15(8-6-14)16(22)10-25-18(23)11-27-13(3)19(24)20-17-9-12(2)26-21-17/h5-9,13H,4,10-11H2,1-3H3,(H,20,21,24)/t13-/m0/s1. The summed E-state index contributed by atoms with van der Waals surface area (Å²) < 4.78 is 9.87. The van der Waals surface area contributed by atoms with Gasteiger partial charge >= 0.3 is 5.97 Å². The van der Waals surface area contributed by atoms with Crippen molar-refractivity contribution in [1.29, 1.82) is 0 Å². The van der Waals surface area contributed by atoms with Crippen LogP contribution >= 0.6 is 11.8 Å². The third-order valence-electron chi connectivity index (χ3n) is 3.75. The summed E-state index contributed by atoms with van der Waals surface area (Å²) in [4.78, 5) is 35.9. The molecule has 1 N–H and O–H groups in total. The van der Waals surface area contributed by atoms with Crippen molar-refractivity contribution in [2.24, 2.45) is 0 Å². The normalized spacial score (nSPS) is 11.7. The number of ketones is 1. The molecule has 0 aliphatic heterocycles. The Bertz CT molecular complexity index is 801. The first-order valence-electron chi connectivity index (χ1n) is 8.52. The number of carbonyl (C=O) groups excluding carboxylic acids is 3. The average molecular weight is 390 g/mol. The lowest BCUT2D eigenvalue weighted by molar-refractivity contribution is -0.139. The van der Waals surface area contributed by atoms with Crippen molar-refractivity contribution >= 4 is 35.2 Å². The molecule has 2 rings (SSSR count). The second kappa shape index (κ2) is 9.91. The topological polar surface area (TPSA) is 98.5 Å². The molecule has 0 radical (unpaired) electrons. The smallest absolute Gasteiger partial charge is 0.316 e. The molecule has 8 heteroatoms. The first-order valence-corrected chi connectivity index (χ1v) is 9.57. The molecule has 7 nitrogen and oxygen atoms in total. The number of nitrogens with zero attached hydrogens (tertiary/aromatic N) is 1. The van der Waals surface area contributed by atoms with Gasteiger partial charge in [0, 0.05) is 11.6 Å². The molecule has 27 heavy (non-hydrogen) atoms. The Morgan fingerprint density at radius 1 is 1.26 bits per heavy atom. The Hall–Kier alpha value is -2.61. The van der Waals surface area contributed by atoms with Crippen molar-refractivity contribution < 1.29 is 23.6 Å². The van der Waals surface area contributed by atoms with Gasteiger partial charge in [-0.2, -0.15) is 0 Å². The maximum absolute atomic E-state index is 12.0. The van der Waals surface area contributed by atoms with Crippen LogP contribution in [0.4, 0.5) is 5.82 Å². The van der Waals surface area contributed by atoms with Gasteiger partial charge in [0.05, 0.1) is 11.0 Å². The van der Waals surface area contributed by atoms with Gasteiger partial charge in [-0.25, -0.2) is 0 Å². The lowest BCUT2D eigenvalue weighted by Crippen LogP contribution is -2.24. The molecular formula is C19H22N2O5S. The summed E-state index contributed by atoms with van der Waals surface area (Å²) in [6.07, 6.45) is 0.892. The summed E-state index contributed by atoms with van der Waals surface area (Å²) >= 11 is 1.11. The number of hydrogen-bond donors (Lipinski definition) is 1. The van der Waals surface area contributed by atoms with Crippen LogP contribution in [0.1, 0.15) is 35.5 Å². The number of ether oxygens (including phenoxy) is 1. The van der Waals surface area contributed by atoms with Crippen LogP contribution in [0.3, 0.4) is 0 Å². The van der Waals surface area contributed by atoms with Crippen LogP contribution in [0.5, 0.6) is 0 Å². The van der Waals surface area contributed by atoms with E-state index in [1.165, 1.54) is 0 Å². The monoisotopic (exact) mass is 390 g/mol. The number of aryl methyl sites for hydroxylation is 2. The first kappa shape index (κ1) is 20.7. The summed E-state index contributed by atoms with van der Waals surface area (Å²) in [5.74, 6) is -0.226. The van der Waals surface area contributed by atoms with Crippen LogP contribution < -0.4 is 5.32 Å². The van der Waals surface area contributed by atoms with Crippen molar-refractivity contribution in [1.82, 2.24) is 5.16 Å². The fourth-order valence-electron chi connectivity index (χ4n) is 2.12. The predicted octanol–water partition coefficient (Wildman–Crippen LogP) is 3.03. The maximum atomic E-state index is 12.0. The van der Waals surface area contributed by atoms with E-state index in [2.05, 4.69) is 10.5 Å². The average Bonchev–Trinajstić information content (AvgIpc) is 3.08. The minimum Gasteiger partial charge on any atom is -0.457 e. The maximum Gasteiger partial charge on any atom is 0.316 e. The van der Waals surface area contributed by atoms with Gasteiger partial charge in [0.15, 0.2) is 18.2 Å². The number of hydrogen-bond acceptors (Lipinski definition) is 7. The number of carbonyl (C=O) groups is 3. The quantitative estimate of drug-likeness (QED) is 0.519. The molecule has 0 unspecified atom stereocenters. The lowest BCUT2D eigenvalue weighted by Gasteiger charge is -2.10. The third kappa shape index (κ3) is 6.56. The molecule has 0 saturated heterocycles. The van der Waals surface area contributed by atoms with Gasteiger partial charge in [-0.3, -0.25) is 14.4 Å². The van der Waals surface area contributed by atoms with Gasteiger partial charge in [-0.1, -0.05) is 36.3 Å². The second-order valence-corrected chi connectivity index (χ2v) is 7.23. The number of Topliss-reactive ketones (excluding diaryl/α,β-unsaturated/α-hetero) is 1. The van der Waals surface area contributed by atoms with E-state index in [0.29, 0.717) is 17.1 Å². The van der Waals surface area contributed by atoms with Gasteiger partial charge in [-0.15, -0.1) is 11.8 Å². The van der Waals surface area contributed by atoms with Crippen LogP contribution in [-0.2, 0) is 20.7 Å². The zero-order valence-electron chi connectivity index (χ0n) is 15.5.